The van der Waals surface area contributed by atoms with E-state index in [9.17, 15) is 9.90 Å². The van der Waals surface area contributed by atoms with Crippen LogP contribution >= 0.6 is 0 Å². The number of rotatable bonds is 7. The van der Waals surface area contributed by atoms with Gasteiger partial charge in [-0.25, -0.2) is 4.98 Å². The van der Waals surface area contributed by atoms with Crippen molar-refractivity contribution < 1.29 is 9.90 Å². The van der Waals surface area contributed by atoms with Crippen molar-refractivity contribution in [3.05, 3.63) is 66.2 Å². The van der Waals surface area contributed by atoms with Gasteiger partial charge in [-0.1, -0.05) is 42.5 Å². The summed E-state index contributed by atoms with van der Waals surface area (Å²) in [6.45, 7) is 1.75. The lowest BCUT2D eigenvalue weighted by Crippen LogP contribution is -2.21. The maximum absolute atomic E-state index is 11.2. The first-order valence-corrected chi connectivity index (χ1v) is 8.53. The molecular weight excluding hydrogens is 314 g/mol. The van der Waals surface area contributed by atoms with E-state index in [1.165, 1.54) is 16.3 Å². The van der Waals surface area contributed by atoms with E-state index in [1.54, 1.807) is 24.0 Å². The summed E-state index contributed by atoms with van der Waals surface area (Å²) < 4.78 is 1.78. The Bertz CT molecular complexity index is 870. The lowest BCUT2D eigenvalue weighted by molar-refractivity contribution is 0.0994. The van der Waals surface area contributed by atoms with Gasteiger partial charge in [0, 0.05) is 6.20 Å². The zero-order valence-electron chi connectivity index (χ0n) is 14.3. The second-order valence-electron chi connectivity index (χ2n) is 6.45. The average molecular weight is 337 g/mol. The molecule has 0 saturated carbocycles. The monoisotopic (exact) mass is 337 g/mol. The highest BCUT2D eigenvalue weighted by molar-refractivity contribution is 5.90. The molecule has 0 saturated heterocycles. The fourth-order valence-corrected chi connectivity index (χ4v) is 3.19. The van der Waals surface area contributed by atoms with Gasteiger partial charge in [0.15, 0.2) is 0 Å². The predicted molar refractivity (Wildman–Crippen MR) is 98.3 cm³/mol. The number of aryl methyl sites for hydroxylation is 1. The number of nitrogens with two attached hydrogens (primary N) is 1. The summed E-state index contributed by atoms with van der Waals surface area (Å²) in [5.41, 5.74) is 6.75. The van der Waals surface area contributed by atoms with E-state index in [0.717, 1.165) is 19.3 Å². The minimum absolute atomic E-state index is 0.124. The molecule has 0 spiro atoms. The fourth-order valence-electron chi connectivity index (χ4n) is 3.19. The third kappa shape index (κ3) is 4.06. The molecule has 25 heavy (non-hydrogen) atoms. The molecule has 2 atom stereocenters. The predicted octanol–water partition coefficient (Wildman–Crippen LogP) is 3.08. The topological polar surface area (TPSA) is 81.1 Å². The zero-order chi connectivity index (χ0) is 17.8. The zero-order valence-corrected chi connectivity index (χ0v) is 14.3. The largest absolute Gasteiger partial charge is 0.391 e. The Labute approximate surface area is 147 Å². The van der Waals surface area contributed by atoms with Crippen LogP contribution < -0.4 is 5.73 Å². The molecule has 3 rings (SSSR count). The van der Waals surface area contributed by atoms with Crippen LogP contribution in [0.25, 0.3) is 10.8 Å². The van der Waals surface area contributed by atoms with E-state index in [4.69, 9.17) is 5.73 Å². The number of aromatic nitrogens is 2. The molecule has 0 fully saturated rings. The quantitative estimate of drug-likeness (QED) is 0.695. The third-order valence-electron chi connectivity index (χ3n) is 4.57. The van der Waals surface area contributed by atoms with Gasteiger partial charge >= 0.3 is 0 Å². The first-order valence-electron chi connectivity index (χ1n) is 8.53. The number of carbonyl (C=O) groups is 1. The third-order valence-corrected chi connectivity index (χ3v) is 4.57. The van der Waals surface area contributed by atoms with Crippen LogP contribution in [0.15, 0.2) is 55.0 Å². The molecule has 2 aromatic carbocycles. The highest BCUT2D eigenvalue weighted by Crippen LogP contribution is 2.22. The van der Waals surface area contributed by atoms with E-state index in [0.29, 0.717) is 0 Å². The molecule has 5 nitrogen and oxygen atoms in total. The number of hydrogen-bond donors (Lipinski definition) is 2. The normalized spacial score (nSPS) is 13.7. The van der Waals surface area contributed by atoms with Crippen molar-refractivity contribution in [3.8, 4) is 0 Å². The molecule has 3 N–H and O–H groups in total. The van der Waals surface area contributed by atoms with Gasteiger partial charge in [-0.05, 0) is 42.5 Å². The summed E-state index contributed by atoms with van der Waals surface area (Å²) in [4.78, 5) is 15.2. The van der Waals surface area contributed by atoms with Crippen molar-refractivity contribution >= 4 is 16.7 Å². The van der Waals surface area contributed by atoms with Crippen molar-refractivity contribution in [2.24, 2.45) is 5.73 Å². The second kappa shape index (κ2) is 7.49. The molecule has 0 aliphatic rings. The number of benzene rings is 2. The minimum atomic E-state index is -0.556. The smallest absolute Gasteiger partial charge is 0.268 e. The highest BCUT2D eigenvalue weighted by atomic mass is 16.3. The van der Waals surface area contributed by atoms with Gasteiger partial charge in [-0.15, -0.1) is 0 Å². The number of aliphatic hydroxyl groups excluding tert-OH is 1. The summed E-state index contributed by atoms with van der Waals surface area (Å²) in [6, 6.07) is 14.7. The molecule has 3 aromatic rings. The van der Waals surface area contributed by atoms with Crippen molar-refractivity contribution in [3.63, 3.8) is 0 Å². The molecule has 130 valence electrons. The Morgan fingerprint density at radius 1 is 1.24 bits per heavy atom. The van der Waals surface area contributed by atoms with Crippen LogP contribution in [0.3, 0.4) is 0 Å². The molecule has 0 aliphatic carbocycles. The number of imidazole rings is 1. The fraction of sp³-hybridized carbons (Fsp3) is 0.300. The van der Waals surface area contributed by atoms with Crippen molar-refractivity contribution in [2.45, 2.75) is 38.3 Å². The molecule has 5 heteroatoms. The van der Waals surface area contributed by atoms with Crippen molar-refractivity contribution in [2.75, 3.05) is 0 Å². The van der Waals surface area contributed by atoms with Crippen molar-refractivity contribution in [1.82, 2.24) is 9.55 Å². The summed E-state index contributed by atoms with van der Waals surface area (Å²) in [5, 5.41) is 12.6. The van der Waals surface area contributed by atoms with E-state index in [-0.39, 0.29) is 11.7 Å². The number of primary amides is 1. The maximum atomic E-state index is 11.2. The number of carbonyl (C=O) groups excluding carboxylic acids is 1. The van der Waals surface area contributed by atoms with Gasteiger partial charge in [0.1, 0.15) is 5.69 Å². The second-order valence-corrected chi connectivity index (χ2v) is 6.45. The van der Waals surface area contributed by atoms with Crippen LogP contribution in [0, 0.1) is 0 Å². The van der Waals surface area contributed by atoms with Crippen LogP contribution in [0.4, 0.5) is 0 Å². The van der Waals surface area contributed by atoms with Crippen molar-refractivity contribution in [1.29, 1.82) is 0 Å². The molecule has 1 heterocycles. The van der Waals surface area contributed by atoms with Gasteiger partial charge in [0.05, 0.1) is 18.5 Å². The van der Waals surface area contributed by atoms with Gasteiger partial charge in [-0.2, -0.15) is 0 Å². The van der Waals surface area contributed by atoms with Crippen LogP contribution in [-0.2, 0) is 6.42 Å². The van der Waals surface area contributed by atoms with Crippen LogP contribution in [0.5, 0.6) is 0 Å². The van der Waals surface area contributed by atoms with Gasteiger partial charge in [-0.3, -0.25) is 4.79 Å². The Kier molecular flexibility index (Phi) is 5.14. The molecular formula is C20H23N3O2. The Morgan fingerprint density at radius 2 is 2.00 bits per heavy atom. The highest BCUT2D eigenvalue weighted by Gasteiger charge is 2.18. The van der Waals surface area contributed by atoms with Gasteiger partial charge in [0.25, 0.3) is 5.91 Å². The van der Waals surface area contributed by atoms with E-state index in [1.807, 2.05) is 12.1 Å². The van der Waals surface area contributed by atoms with Crippen LogP contribution in [0.1, 0.15) is 41.9 Å². The number of nitrogens with zero attached hydrogens (tertiary/aromatic N) is 2. The molecule has 2 unspecified atom stereocenters. The Balaban J connectivity index is 1.65. The Morgan fingerprint density at radius 3 is 2.68 bits per heavy atom. The number of hydrogen-bond acceptors (Lipinski definition) is 3. The average Bonchev–Trinajstić information content (AvgIpc) is 3.08. The molecule has 0 radical (unpaired) electrons. The molecule has 1 aromatic heterocycles. The Hall–Kier alpha value is -2.66. The summed E-state index contributed by atoms with van der Waals surface area (Å²) in [6.07, 6.45) is 5.29. The first kappa shape index (κ1) is 17.2. The van der Waals surface area contributed by atoms with E-state index >= 15 is 0 Å². The minimum Gasteiger partial charge on any atom is -0.391 e. The standard InChI is InChI=1S/C20H23N3O2/c1-14(24)19(23-12-18(20(21)25)22-13-23)8-4-5-15-9-10-16-6-2-3-7-17(16)11-15/h2-3,6-7,9-14,19,24H,4-5,8H2,1H3,(H2,21,25). The SMILES string of the molecule is CC(O)C(CCCc1ccc2ccccc2c1)n1cnc(C(N)=O)c1. The maximum Gasteiger partial charge on any atom is 0.268 e. The van der Waals surface area contributed by atoms with Gasteiger partial charge < -0.3 is 15.4 Å². The summed E-state index contributed by atoms with van der Waals surface area (Å²) >= 11 is 0. The van der Waals surface area contributed by atoms with Gasteiger partial charge in [0.2, 0.25) is 0 Å². The number of amides is 1. The van der Waals surface area contributed by atoms with Crippen LogP contribution in [0.2, 0.25) is 0 Å². The molecule has 0 bridgehead atoms. The number of aliphatic hydroxyl groups is 1. The van der Waals surface area contributed by atoms with Crippen LogP contribution in [-0.4, -0.2) is 26.7 Å². The van der Waals surface area contributed by atoms with E-state index < -0.39 is 12.0 Å². The molecule has 0 aliphatic heterocycles. The lowest BCUT2D eigenvalue weighted by Gasteiger charge is -2.21. The lowest BCUT2D eigenvalue weighted by atomic mass is 9.99. The summed E-state index contributed by atoms with van der Waals surface area (Å²) in [7, 11) is 0. The summed E-state index contributed by atoms with van der Waals surface area (Å²) in [5.74, 6) is -0.556. The van der Waals surface area contributed by atoms with E-state index in [2.05, 4.69) is 35.3 Å². The first-order chi connectivity index (χ1) is 12.0. The number of fused-ring (bicyclic) bond motifs is 1. The molecule has 1 amide bonds.